The maximum absolute atomic E-state index is 12.1. The minimum absolute atomic E-state index is 0.0486. The summed E-state index contributed by atoms with van der Waals surface area (Å²) in [6.07, 6.45) is 0. The van der Waals surface area contributed by atoms with Crippen LogP contribution in [-0.2, 0) is 4.79 Å². The molecule has 5 nitrogen and oxygen atoms in total. The fraction of sp³-hybridized carbons (Fsp3) is 0.263. The van der Waals surface area contributed by atoms with Crippen molar-refractivity contribution in [2.75, 3.05) is 11.9 Å². The Morgan fingerprint density at radius 1 is 0.958 bits per heavy atom. The normalized spacial score (nSPS) is 10.8. The zero-order valence-corrected chi connectivity index (χ0v) is 14.1. The molecule has 126 valence electrons. The second-order valence-electron chi connectivity index (χ2n) is 6.43. The molecule has 2 aromatic rings. The molecular formula is C19H22N2O3. The zero-order chi connectivity index (χ0) is 17.6. The number of hydrogen-bond donors (Lipinski definition) is 2. The van der Waals surface area contributed by atoms with Crippen molar-refractivity contribution in [1.82, 2.24) is 5.32 Å². The van der Waals surface area contributed by atoms with Gasteiger partial charge < -0.3 is 15.4 Å². The van der Waals surface area contributed by atoms with Crippen molar-refractivity contribution in [3.05, 3.63) is 60.2 Å². The Balaban J connectivity index is 1.87. The van der Waals surface area contributed by atoms with E-state index in [2.05, 4.69) is 10.6 Å². The number of benzene rings is 2. The highest BCUT2D eigenvalue weighted by Crippen LogP contribution is 2.16. The van der Waals surface area contributed by atoms with Gasteiger partial charge in [-0.05, 0) is 57.2 Å². The Hall–Kier alpha value is -2.82. The van der Waals surface area contributed by atoms with Gasteiger partial charge in [-0.1, -0.05) is 18.2 Å². The Bertz CT molecular complexity index is 689. The molecule has 0 saturated carbocycles. The van der Waals surface area contributed by atoms with Gasteiger partial charge in [0.2, 0.25) is 0 Å². The molecule has 2 amide bonds. The monoisotopic (exact) mass is 326 g/mol. The molecule has 0 radical (unpaired) electrons. The van der Waals surface area contributed by atoms with E-state index in [0.717, 1.165) is 0 Å². The SMILES string of the molecule is CC(C)(C)NC(=O)COc1ccc(NC(=O)c2ccccc2)cc1. The number of anilines is 1. The van der Waals surface area contributed by atoms with E-state index in [1.54, 1.807) is 36.4 Å². The minimum Gasteiger partial charge on any atom is -0.484 e. The molecule has 0 fully saturated rings. The van der Waals surface area contributed by atoms with Crippen molar-refractivity contribution < 1.29 is 14.3 Å². The topological polar surface area (TPSA) is 67.4 Å². The van der Waals surface area contributed by atoms with Crippen molar-refractivity contribution in [2.45, 2.75) is 26.3 Å². The van der Waals surface area contributed by atoms with Crippen LogP contribution < -0.4 is 15.4 Å². The van der Waals surface area contributed by atoms with Crippen molar-refractivity contribution in [1.29, 1.82) is 0 Å². The third-order valence-corrected chi connectivity index (χ3v) is 3.03. The van der Waals surface area contributed by atoms with Crippen molar-refractivity contribution in [3.8, 4) is 5.75 Å². The lowest BCUT2D eigenvalue weighted by Crippen LogP contribution is -2.43. The number of carbonyl (C=O) groups is 2. The standard InChI is InChI=1S/C19H22N2O3/c1-19(2,3)21-17(22)13-24-16-11-9-15(10-12-16)20-18(23)14-7-5-4-6-8-14/h4-12H,13H2,1-3H3,(H,20,23)(H,21,22). The third kappa shape index (κ3) is 5.76. The summed E-state index contributed by atoms with van der Waals surface area (Å²) in [5.41, 5.74) is 0.971. The molecule has 0 aromatic heterocycles. The lowest BCUT2D eigenvalue weighted by Gasteiger charge is -2.20. The maximum atomic E-state index is 12.1. The van der Waals surface area contributed by atoms with Crippen molar-refractivity contribution in [3.63, 3.8) is 0 Å². The first-order valence-corrected chi connectivity index (χ1v) is 7.74. The molecular weight excluding hydrogens is 304 g/mol. The summed E-state index contributed by atoms with van der Waals surface area (Å²) in [4.78, 5) is 23.8. The molecule has 0 heterocycles. The van der Waals surface area contributed by atoms with E-state index in [-0.39, 0.29) is 24.0 Å². The largest absolute Gasteiger partial charge is 0.484 e. The van der Waals surface area contributed by atoms with Crippen LogP contribution in [0.5, 0.6) is 5.75 Å². The summed E-state index contributed by atoms with van der Waals surface area (Å²) in [7, 11) is 0. The van der Waals surface area contributed by atoms with E-state index in [4.69, 9.17) is 4.74 Å². The summed E-state index contributed by atoms with van der Waals surface area (Å²) >= 11 is 0. The third-order valence-electron chi connectivity index (χ3n) is 3.03. The molecule has 0 aliphatic carbocycles. The fourth-order valence-electron chi connectivity index (χ4n) is 2.03. The van der Waals surface area contributed by atoms with E-state index in [9.17, 15) is 9.59 Å². The number of rotatable bonds is 5. The zero-order valence-electron chi connectivity index (χ0n) is 14.1. The number of nitrogens with one attached hydrogen (secondary N) is 2. The lowest BCUT2D eigenvalue weighted by atomic mass is 10.1. The summed E-state index contributed by atoms with van der Waals surface area (Å²) in [6.45, 7) is 5.69. The quantitative estimate of drug-likeness (QED) is 0.886. The Labute approximate surface area is 142 Å². The number of amides is 2. The molecule has 2 N–H and O–H groups in total. The fourth-order valence-corrected chi connectivity index (χ4v) is 2.03. The highest BCUT2D eigenvalue weighted by atomic mass is 16.5. The van der Waals surface area contributed by atoms with Gasteiger partial charge in [0.1, 0.15) is 5.75 Å². The molecule has 0 spiro atoms. The average molecular weight is 326 g/mol. The Morgan fingerprint density at radius 2 is 1.58 bits per heavy atom. The van der Waals surface area contributed by atoms with E-state index >= 15 is 0 Å². The van der Waals surface area contributed by atoms with Gasteiger partial charge in [0, 0.05) is 16.8 Å². The van der Waals surface area contributed by atoms with Gasteiger partial charge >= 0.3 is 0 Å². The molecule has 2 aromatic carbocycles. The van der Waals surface area contributed by atoms with E-state index in [1.165, 1.54) is 0 Å². The van der Waals surface area contributed by atoms with Crippen molar-refractivity contribution in [2.24, 2.45) is 0 Å². The highest BCUT2D eigenvalue weighted by Gasteiger charge is 2.14. The molecule has 0 unspecified atom stereocenters. The molecule has 2 rings (SSSR count). The van der Waals surface area contributed by atoms with Crippen LogP contribution in [0.4, 0.5) is 5.69 Å². The summed E-state index contributed by atoms with van der Waals surface area (Å²) in [5, 5.41) is 5.63. The second kappa shape index (κ2) is 7.64. The van der Waals surface area contributed by atoms with Crippen LogP contribution in [0.25, 0.3) is 0 Å². The van der Waals surface area contributed by atoms with Crippen LogP contribution in [-0.4, -0.2) is 24.0 Å². The van der Waals surface area contributed by atoms with Gasteiger partial charge in [0.05, 0.1) is 0 Å². The molecule has 5 heteroatoms. The van der Waals surface area contributed by atoms with Crippen LogP contribution in [0.1, 0.15) is 31.1 Å². The van der Waals surface area contributed by atoms with Gasteiger partial charge in [0.25, 0.3) is 11.8 Å². The molecule has 0 aliphatic rings. The van der Waals surface area contributed by atoms with Crippen LogP contribution in [0.3, 0.4) is 0 Å². The highest BCUT2D eigenvalue weighted by molar-refractivity contribution is 6.04. The minimum atomic E-state index is -0.286. The van der Waals surface area contributed by atoms with E-state index in [1.807, 2.05) is 39.0 Å². The van der Waals surface area contributed by atoms with Gasteiger partial charge in [-0.2, -0.15) is 0 Å². The first kappa shape index (κ1) is 17.5. The van der Waals surface area contributed by atoms with Gasteiger partial charge in [-0.15, -0.1) is 0 Å². The maximum Gasteiger partial charge on any atom is 0.258 e. The molecule has 0 saturated heterocycles. The van der Waals surface area contributed by atoms with Gasteiger partial charge in [-0.25, -0.2) is 0 Å². The summed E-state index contributed by atoms with van der Waals surface area (Å²) in [5.74, 6) is 0.217. The first-order chi connectivity index (χ1) is 11.3. The first-order valence-electron chi connectivity index (χ1n) is 7.74. The Morgan fingerprint density at radius 3 is 2.17 bits per heavy atom. The van der Waals surface area contributed by atoms with Crippen LogP contribution >= 0.6 is 0 Å². The van der Waals surface area contributed by atoms with E-state index < -0.39 is 0 Å². The molecule has 24 heavy (non-hydrogen) atoms. The van der Waals surface area contributed by atoms with Crippen LogP contribution in [0.2, 0.25) is 0 Å². The number of carbonyl (C=O) groups excluding carboxylic acids is 2. The number of ether oxygens (including phenoxy) is 1. The average Bonchev–Trinajstić information content (AvgIpc) is 2.53. The molecule has 0 bridgehead atoms. The van der Waals surface area contributed by atoms with Crippen molar-refractivity contribution >= 4 is 17.5 Å². The molecule has 0 aliphatic heterocycles. The number of hydrogen-bond acceptors (Lipinski definition) is 3. The predicted octanol–water partition coefficient (Wildman–Crippen LogP) is 3.23. The van der Waals surface area contributed by atoms with Gasteiger partial charge in [-0.3, -0.25) is 9.59 Å². The smallest absolute Gasteiger partial charge is 0.258 e. The van der Waals surface area contributed by atoms with Gasteiger partial charge in [0.15, 0.2) is 6.61 Å². The second-order valence-corrected chi connectivity index (χ2v) is 6.43. The summed E-state index contributed by atoms with van der Waals surface area (Å²) in [6, 6.07) is 15.9. The predicted molar refractivity (Wildman–Crippen MR) is 94.2 cm³/mol. The Kier molecular flexibility index (Phi) is 5.58. The molecule has 0 atom stereocenters. The lowest BCUT2D eigenvalue weighted by molar-refractivity contribution is -0.124. The van der Waals surface area contributed by atoms with Crippen LogP contribution in [0.15, 0.2) is 54.6 Å². The summed E-state index contributed by atoms with van der Waals surface area (Å²) < 4.78 is 5.43. The van der Waals surface area contributed by atoms with E-state index in [0.29, 0.717) is 17.0 Å². The van der Waals surface area contributed by atoms with Crippen LogP contribution in [0, 0.1) is 0 Å².